The summed E-state index contributed by atoms with van der Waals surface area (Å²) >= 11 is 6.06. The van der Waals surface area contributed by atoms with Crippen molar-refractivity contribution in [1.82, 2.24) is 14.4 Å². The average molecular weight is 474 g/mol. The van der Waals surface area contributed by atoms with E-state index in [2.05, 4.69) is 54.9 Å². The molecule has 0 aliphatic carbocycles. The first-order chi connectivity index (χ1) is 15.7. The topological polar surface area (TPSA) is 54.8 Å². The molecule has 0 fully saturated rings. The fraction of sp³-hybridized carbons (Fsp3) is 0.538. The summed E-state index contributed by atoms with van der Waals surface area (Å²) in [6, 6.07) is 12.4. The van der Waals surface area contributed by atoms with Gasteiger partial charge in [0.1, 0.15) is 0 Å². The molecule has 2 heterocycles. The highest BCUT2D eigenvalue weighted by molar-refractivity contribution is 6.19. The van der Waals surface area contributed by atoms with Gasteiger partial charge in [-0.3, -0.25) is 9.59 Å². The number of ether oxygens (including phenoxy) is 1. The second-order valence-corrected chi connectivity index (χ2v) is 9.94. The number of fused-ring (bicyclic) bond motifs is 1. The number of amides is 2. The average Bonchev–Trinajstić information content (AvgIpc) is 3.29. The molecule has 1 unspecified atom stereocenters. The molecule has 33 heavy (non-hydrogen) atoms. The third-order valence-corrected chi connectivity index (χ3v) is 7.04. The van der Waals surface area contributed by atoms with E-state index in [-0.39, 0.29) is 30.3 Å². The quantitative estimate of drug-likeness (QED) is 0.511. The van der Waals surface area contributed by atoms with Gasteiger partial charge in [0.25, 0.3) is 0 Å². The Morgan fingerprint density at radius 1 is 1.18 bits per heavy atom. The van der Waals surface area contributed by atoms with Crippen LogP contribution in [0.3, 0.4) is 0 Å². The van der Waals surface area contributed by atoms with Crippen molar-refractivity contribution in [2.75, 3.05) is 39.2 Å². The number of rotatable bonds is 9. The molecular weight excluding hydrogens is 438 g/mol. The molecule has 0 N–H and O–H groups in total. The minimum Gasteiger partial charge on any atom is -0.383 e. The van der Waals surface area contributed by atoms with Crippen molar-refractivity contribution in [3.63, 3.8) is 0 Å². The minimum absolute atomic E-state index is 0.00377. The number of carbonyl (C=O) groups excluding carboxylic acids is 2. The minimum atomic E-state index is -0.752. The van der Waals surface area contributed by atoms with Crippen molar-refractivity contribution in [3.05, 3.63) is 59.4 Å². The summed E-state index contributed by atoms with van der Waals surface area (Å²) < 4.78 is 7.40. The van der Waals surface area contributed by atoms with Gasteiger partial charge in [0.2, 0.25) is 11.8 Å². The normalized spacial score (nSPS) is 16.1. The maximum absolute atomic E-state index is 13.6. The molecule has 2 aromatic rings. The van der Waals surface area contributed by atoms with E-state index in [0.29, 0.717) is 25.6 Å². The van der Waals surface area contributed by atoms with Crippen molar-refractivity contribution in [1.29, 1.82) is 0 Å². The molecule has 3 rings (SSSR count). The lowest BCUT2D eigenvalue weighted by atomic mass is 9.94. The molecule has 2 amide bonds. The number of carbonyl (C=O) groups is 2. The summed E-state index contributed by atoms with van der Waals surface area (Å²) in [5.74, 6) is 0.417. The van der Waals surface area contributed by atoms with Crippen LogP contribution in [0.4, 0.5) is 0 Å². The molecule has 0 radical (unpaired) electrons. The Hall–Kier alpha value is -2.31. The van der Waals surface area contributed by atoms with E-state index in [1.165, 1.54) is 5.56 Å². The standard InChI is InChI=1S/C26H36ClN3O3/c1-19(2)20-8-10-21(11-9-20)24-22-7-6-12-28(22)13-14-30(24)23(31)17-29(15-16-33-5)25(32)26(3,4)18-27/h6-12,19,24H,13-18H2,1-5H3. The van der Waals surface area contributed by atoms with E-state index in [4.69, 9.17) is 16.3 Å². The van der Waals surface area contributed by atoms with E-state index >= 15 is 0 Å². The molecule has 1 aliphatic heterocycles. The van der Waals surface area contributed by atoms with Gasteiger partial charge in [0.05, 0.1) is 24.6 Å². The number of hydrogen-bond acceptors (Lipinski definition) is 3. The number of hydrogen-bond donors (Lipinski definition) is 0. The van der Waals surface area contributed by atoms with Crippen molar-refractivity contribution in [2.24, 2.45) is 5.41 Å². The summed E-state index contributed by atoms with van der Waals surface area (Å²) in [4.78, 5) is 30.3. The molecule has 6 nitrogen and oxygen atoms in total. The summed E-state index contributed by atoms with van der Waals surface area (Å²) in [5.41, 5.74) is 2.67. The number of aromatic nitrogens is 1. The van der Waals surface area contributed by atoms with Gasteiger partial charge in [0.15, 0.2) is 0 Å². The molecule has 0 saturated carbocycles. The zero-order valence-corrected chi connectivity index (χ0v) is 21.1. The fourth-order valence-corrected chi connectivity index (χ4v) is 4.37. The highest BCUT2D eigenvalue weighted by Crippen LogP contribution is 2.33. The predicted octanol–water partition coefficient (Wildman–Crippen LogP) is 4.28. The molecule has 180 valence electrons. The first-order valence-corrected chi connectivity index (χ1v) is 12.1. The van der Waals surface area contributed by atoms with Crippen molar-refractivity contribution < 1.29 is 14.3 Å². The third-order valence-electron chi connectivity index (χ3n) is 6.37. The maximum Gasteiger partial charge on any atom is 0.243 e. The number of benzene rings is 1. The summed E-state index contributed by atoms with van der Waals surface area (Å²) in [7, 11) is 1.59. The first-order valence-electron chi connectivity index (χ1n) is 11.6. The van der Waals surface area contributed by atoms with Crippen molar-refractivity contribution >= 4 is 23.4 Å². The lowest BCUT2D eigenvalue weighted by molar-refractivity contribution is -0.147. The monoisotopic (exact) mass is 473 g/mol. The van der Waals surface area contributed by atoms with Gasteiger partial charge in [-0.15, -0.1) is 11.6 Å². The third kappa shape index (κ3) is 5.61. The van der Waals surface area contributed by atoms with Crippen LogP contribution < -0.4 is 0 Å². The lowest BCUT2D eigenvalue weighted by Gasteiger charge is -2.39. The van der Waals surface area contributed by atoms with E-state index in [1.807, 2.05) is 11.0 Å². The molecule has 1 aromatic heterocycles. The second kappa shape index (κ2) is 10.7. The van der Waals surface area contributed by atoms with Crippen LogP contribution in [0.15, 0.2) is 42.6 Å². The number of methoxy groups -OCH3 is 1. The summed E-state index contributed by atoms with van der Waals surface area (Å²) in [6.07, 6.45) is 2.06. The Bertz CT molecular complexity index is 952. The zero-order valence-electron chi connectivity index (χ0n) is 20.4. The van der Waals surface area contributed by atoms with Crippen LogP contribution in [-0.4, -0.2) is 65.4 Å². The fourth-order valence-electron chi connectivity index (χ4n) is 4.26. The van der Waals surface area contributed by atoms with Crippen molar-refractivity contribution in [2.45, 2.75) is 46.2 Å². The van der Waals surface area contributed by atoms with Gasteiger partial charge < -0.3 is 19.1 Å². The Morgan fingerprint density at radius 3 is 2.48 bits per heavy atom. The first kappa shape index (κ1) is 25.3. The SMILES string of the molecule is COCCN(CC(=O)N1CCn2cccc2C1c1ccc(C(C)C)cc1)C(=O)C(C)(C)CCl. The second-order valence-electron chi connectivity index (χ2n) is 9.67. The molecule has 0 spiro atoms. The summed E-state index contributed by atoms with van der Waals surface area (Å²) in [5, 5.41) is 0. The van der Waals surface area contributed by atoms with Gasteiger partial charge in [0, 0.05) is 44.5 Å². The Kier molecular flexibility index (Phi) is 8.24. The Morgan fingerprint density at radius 2 is 1.88 bits per heavy atom. The molecule has 0 saturated heterocycles. The van der Waals surface area contributed by atoms with E-state index in [0.717, 1.165) is 17.8 Å². The number of nitrogens with zero attached hydrogens (tertiary/aromatic N) is 3. The number of halogens is 1. The van der Waals surface area contributed by atoms with Gasteiger partial charge in [-0.25, -0.2) is 0 Å². The molecule has 7 heteroatoms. The maximum atomic E-state index is 13.6. The van der Waals surface area contributed by atoms with Gasteiger partial charge in [-0.2, -0.15) is 0 Å². The van der Waals surface area contributed by atoms with Crippen LogP contribution >= 0.6 is 11.6 Å². The highest BCUT2D eigenvalue weighted by Gasteiger charge is 2.36. The molecule has 1 aliphatic rings. The highest BCUT2D eigenvalue weighted by atomic mass is 35.5. The van der Waals surface area contributed by atoms with Gasteiger partial charge >= 0.3 is 0 Å². The van der Waals surface area contributed by atoms with Crippen LogP contribution in [0, 0.1) is 5.41 Å². The Balaban J connectivity index is 1.89. The van der Waals surface area contributed by atoms with E-state index < -0.39 is 5.41 Å². The van der Waals surface area contributed by atoms with Crippen molar-refractivity contribution in [3.8, 4) is 0 Å². The van der Waals surface area contributed by atoms with E-state index in [1.54, 1.807) is 25.9 Å². The molecule has 1 aromatic carbocycles. The van der Waals surface area contributed by atoms with Crippen LogP contribution in [0.1, 0.15) is 56.5 Å². The van der Waals surface area contributed by atoms with Crippen LogP contribution in [-0.2, 0) is 20.9 Å². The zero-order chi connectivity index (χ0) is 24.2. The molecule has 0 bridgehead atoms. The smallest absolute Gasteiger partial charge is 0.243 e. The lowest BCUT2D eigenvalue weighted by Crippen LogP contribution is -2.51. The van der Waals surface area contributed by atoms with Crippen LogP contribution in [0.25, 0.3) is 0 Å². The molecule has 1 atom stereocenters. The summed E-state index contributed by atoms with van der Waals surface area (Å²) in [6.45, 7) is 9.98. The Labute approximate surface area is 202 Å². The largest absolute Gasteiger partial charge is 0.383 e. The van der Waals surface area contributed by atoms with Crippen LogP contribution in [0.5, 0.6) is 0 Å². The van der Waals surface area contributed by atoms with E-state index in [9.17, 15) is 9.59 Å². The number of alkyl halides is 1. The van der Waals surface area contributed by atoms with Gasteiger partial charge in [-0.1, -0.05) is 38.1 Å². The van der Waals surface area contributed by atoms with Gasteiger partial charge in [-0.05, 0) is 43.0 Å². The predicted molar refractivity (Wildman–Crippen MR) is 131 cm³/mol. The van der Waals surface area contributed by atoms with Crippen LogP contribution in [0.2, 0.25) is 0 Å². The molecular formula is C26H36ClN3O3.